The number of rotatable bonds is 4. The first kappa shape index (κ1) is 14.6. The Balaban J connectivity index is 2.32. The minimum Gasteiger partial charge on any atom is -0.484 e. The van der Waals surface area contributed by atoms with E-state index in [2.05, 4.69) is 22.0 Å². The van der Waals surface area contributed by atoms with Crippen molar-refractivity contribution in [3.8, 4) is 11.8 Å². The van der Waals surface area contributed by atoms with Crippen LogP contribution in [0.25, 0.3) is 0 Å². The third-order valence-electron chi connectivity index (χ3n) is 3.05. The molecule has 0 heterocycles. The topological polar surface area (TPSA) is 59.0 Å². The molecular formula is C16H15BrN2O. The summed E-state index contributed by atoms with van der Waals surface area (Å²) in [6.07, 6.45) is -0.252. The molecule has 1 unspecified atom stereocenters. The van der Waals surface area contributed by atoms with Crippen molar-refractivity contribution in [2.45, 2.75) is 13.0 Å². The number of benzene rings is 2. The largest absolute Gasteiger partial charge is 0.484 e. The summed E-state index contributed by atoms with van der Waals surface area (Å²) < 4.78 is 6.96. The second-order valence-electron chi connectivity index (χ2n) is 4.46. The van der Waals surface area contributed by atoms with E-state index < -0.39 is 0 Å². The summed E-state index contributed by atoms with van der Waals surface area (Å²) in [5, 5.41) is 8.97. The van der Waals surface area contributed by atoms with Gasteiger partial charge in [-0.25, -0.2) is 0 Å². The highest BCUT2D eigenvalue weighted by atomic mass is 79.9. The molecule has 2 N–H and O–H groups in total. The lowest BCUT2D eigenvalue weighted by Crippen LogP contribution is -2.19. The van der Waals surface area contributed by atoms with Crippen LogP contribution in [0.15, 0.2) is 46.9 Å². The zero-order valence-corrected chi connectivity index (χ0v) is 12.7. The van der Waals surface area contributed by atoms with Crippen LogP contribution in [0.5, 0.6) is 5.75 Å². The Morgan fingerprint density at radius 3 is 2.70 bits per heavy atom. The van der Waals surface area contributed by atoms with E-state index in [1.807, 2.05) is 37.3 Å². The Labute approximate surface area is 127 Å². The predicted octanol–water partition coefficient (Wildman–Crippen LogP) is 3.71. The fraction of sp³-hybridized carbons (Fsp3) is 0.188. The van der Waals surface area contributed by atoms with Gasteiger partial charge in [0.05, 0.1) is 11.6 Å². The molecule has 0 saturated carbocycles. The van der Waals surface area contributed by atoms with Gasteiger partial charge >= 0.3 is 0 Å². The molecule has 102 valence electrons. The molecule has 2 aromatic rings. The van der Waals surface area contributed by atoms with Gasteiger partial charge in [-0.05, 0) is 30.7 Å². The number of nitriles is 1. The average Bonchev–Trinajstić information content (AvgIpc) is 2.47. The molecule has 0 saturated heterocycles. The van der Waals surface area contributed by atoms with Crippen LogP contribution in [0, 0.1) is 18.3 Å². The second-order valence-corrected chi connectivity index (χ2v) is 5.31. The zero-order chi connectivity index (χ0) is 14.5. The van der Waals surface area contributed by atoms with Gasteiger partial charge in [-0.2, -0.15) is 5.26 Å². The molecule has 0 aliphatic heterocycles. The molecule has 2 rings (SSSR count). The lowest BCUT2D eigenvalue weighted by atomic mass is 10.1. The van der Waals surface area contributed by atoms with Crippen LogP contribution in [0.1, 0.15) is 22.8 Å². The highest BCUT2D eigenvalue weighted by molar-refractivity contribution is 9.10. The van der Waals surface area contributed by atoms with E-state index in [4.69, 9.17) is 15.7 Å². The maximum Gasteiger partial charge on any atom is 0.137 e. The van der Waals surface area contributed by atoms with Gasteiger partial charge in [-0.15, -0.1) is 0 Å². The van der Waals surface area contributed by atoms with E-state index in [1.165, 1.54) is 0 Å². The molecule has 0 aromatic heterocycles. The second kappa shape index (κ2) is 6.56. The van der Waals surface area contributed by atoms with Crippen LogP contribution >= 0.6 is 15.9 Å². The van der Waals surface area contributed by atoms with Crippen LogP contribution in [0.3, 0.4) is 0 Å². The van der Waals surface area contributed by atoms with Gasteiger partial charge in [0.25, 0.3) is 0 Å². The fourth-order valence-corrected chi connectivity index (χ4v) is 2.46. The van der Waals surface area contributed by atoms with E-state index in [-0.39, 0.29) is 6.10 Å². The first-order valence-corrected chi connectivity index (χ1v) is 7.07. The molecule has 20 heavy (non-hydrogen) atoms. The molecule has 0 amide bonds. The van der Waals surface area contributed by atoms with E-state index in [0.29, 0.717) is 17.9 Å². The number of hydrogen-bond acceptors (Lipinski definition) is 3. The number of nitrogens with zero attached hydrogens (tertiary/aromatic N) is 1. The molecule has 0 spiro atoms. The van der Waals surface area contributed by atoms with E-state index in [1.54, 1.807) is 12.1 Å². The first-order valence-electron chi connectivity index (χ1n) is 6.27. The molecule has 0 aliphatic rings. The smallest absolute Gasteiger partial charge is 0.137 e. The van der Waals surface area contributed by atoms with Gasteiger partial charge in [0.15, 0.2) is 0 Å². The monoisotopic (exact) mass is 330 g/mol. The summed E-state index contributed by atoms with van der Waals surface area (Å²) in [7, 11) is 0. The highest BCUT2D eigenvalue weighted by Gasteiger charge is 2.15. The molecule has 0 aliphatic carbocycles. The Morgan fingerprint density at radius 1 is 1.30 bits per heavy atom. The summed E-state index contributed by atoms with van der Waals surface area (Å²) in [6.45, 7) is 2.31. The summed E-state index contributed by atoms with van der Waals surface area (Å²) in [4.78, 5) is 0. The average molecular weight is 331 g/mol. The van der Waals surface area contributed by atoms with E-state index in [0.717, 1.165) is 15.6 Å². The van der Waals surface area contributed by atoms with Crippen molar-refractivity contribution in [3.05, 3.63) is 63.6 Å². The van der Waals surface area contributed by atoms with Gasteiger partial charge < -0.3 is 10.5 Å². The van der Waals surface area contributed by atoms with Gasteiger partial charge in [-0.1, -0.05) is 40.2 Å². The number of aryl methyl sites for hydroxylation is 1. The van der Waals surface area contributed by atoms with Gasteiger partial charge in [0.2, 0.25) is 0 Å². The predicted molar refractivity (Wildman–Crippen MR) is 82.5 cm³/mol. The summed E-state index contributed by atoms with van der Waals surface area (Å²) in [5.74, 6) is 0.690. The van der Waals surface area contributed by atoms with Crippen molar-refractivity contribution in [1.29, 1.82) is 5.26 Å². The van der Waals surface area contributed by atoms with Crippen molar-refractivity contribution in [1.82, 2.24) is 0 Å². The first-order chi connectivity index (χ1) is 9.65. The summed E-state index contributed by atoms with van der Waals surface area (Å²) in [6, 6.07) is 15.3. The Hall–Kier alpha value is -1.83. The fourth-order valence-electron chi connectivity index (χ4n) is 1.92. The van der Waals surface area contributed by atoms with Gasteiger partial charge in [0.1, 0.15) is 11.9 Å². The Bertz CT molecular complexity index is 649. The SMILES string of the molecule is Cc1ccc(C#N)cc1OC(CN)c1ccccc1Br. The third-order valence-corrected chi connectivity index (χ3v) is 3.77. The maximum absolute atomic E-state index is 8.97. The van der Waals surface area contributed by atoms with Crippen LogP contribution in [0.2, 0.25) is 0 Å². The van der Waals surface area contributed by atoms with Crippen molar-refractivity contribution in [3.63, 3.8) is 0 Å². The van der Waals surface area contributed by atoms with E-state index in [9.17, 15) is 0 Å². The van der Waals surface area contributed by atoms with Crippen LogP contribution < -0.4 is 10.5 Å². The molecule has 0 fully saturated rings. The molecular weight excluding hydrogens is 316 g/mol. The number of hydrogen-bond donors (Lipinski definition) is 1. The summed E-state index contributed by atoms with van der Waals surface area (Å²) >= 11 is 3.51. The molecule has 4 heteroatoms. The Morgan fingerprint density at radius 2 is 2.05 bits per heavy atom. The zero-order valence-electron chi connectivity index (χ0n) is 11.1. The van der Waals surface area contributed by atoms with Crippen LogP contribution in [0.4, 0.5) is 0 Å². The normalized spacial score (nSPS) is 11.7. The van der Waals surface area contributed by atoms with E-state index >= 15 is 0 Å². The van der Waals surface area contributed by atoms with Crippen molar-refractivity contribution in [2.24, 2.45) is 5.73 Å². The quantitative estimate of drug-likeness (QED) is 0.929. The third kappa shape index (κ3) is 3.19. The molecule has 3 nitrogen and oxygen atoms in total. The lowest BCUT2D eigenvalue weighted by Gasteiger charge is -2.20. The maximum atomic E-state index is 8.97. The highest BCUT2D eigenvalue weighted by Crippen LogP contribution is 2.29. The van der Waals surface area contributed by atoms with Crippen LogP contribution in [-0.2, 0) is 0 Å². The van der Waals surface area contributed by atoms with Crippen molar-refractivity contribution >= 4 is 15.9 Å². The molecule has 0 radical (unpaired) electrons. The standard InChI is InChI=1S/C16H15BrN2O/c1-11-6-7-12(9-18)8-15(11)20-16(10-19)13-4-2-3-5-14(13)17/h2-8,16H,10,19H2,1H3. The minimum atomic E-state index is -0.252. The minimum absolute atomic E-state index is 0.252. The lowest BCUT2D eigenvalue weighted by molar-refractivity contribution is 0.212. The molecule has 0 bridgehead atoms. The number of halogens is 1. The van der Waals surface area contributed by atoms with Crippen molar-refractivity contribution < 1.29 is 4.74 Å². The Kier molecular flexibility index (Phi) is 4.78. The van der Waals surface area contributed by atoms with Gasteiger partial charge in [0, 0.05) is 16.6 Å². The summed E-state index contributed by atoms with van der Waals surface area (Å²) in [5.41, 5.74) is 8.39. The molecule has 1 atom stereocenters. The number of ether oxygens (including phenoxy) is 1. The van der Waals surface area contributed by atoms with Gasteiger partial charge in [-0.3, -0.25) is 0 Å². The number of nitrogens with two attached hydrogens (primary N) is 1. The van der Waals surface area contributed by atoms with Crippen molar-refractivity contribution in [2.75, 3.05) is 6.54 Å². The van der Waals surface area contributed by atoms with Crippen LogP contribution in [-0.4, -0.2) is 6.54 Å². The molecule has 2 aromatic carbocycles.